The van der Waals surface area contributed by atoms with Crippen molar-refractivity contribution in [1.29, 1.82) is 0 Å². The van der Waals surface area contributed by atoms with E-state index in [1.54, 1.807) is 0 Å². The van der Waals surface area contributed by atoms with Crippen molar-refractivity contribution >= 4 is 29.9 Å². The van der Waals surface area contributed by atoms with E-state index in [-0.39, 0.29) is 24.0 Å². The van der Waals surface area contributed by atoms with Crippen LogP contribution in [0.5, 0.6) is 0 Å². The SMILES string of the molecule is CCCCNC(=NC)NCCC1CCN(CC)CC1.I. The lowest BCUT2D eigenvalue weighted by molar-refractivity contribution is 0.187. The van der Waals surface area contributed by atoms with Crippen molar-refractivity contribution < 1.29 is 0 Å². The zero-order chi connectivity index (χ0) is 13.9. The molecule has 0 saturated carbocycles. The predicted molar refractivity (Wildman–Crippen MR) is 99.1 cm³/mol. The molecule has 0 unspecified atom stereocenters. The van der Waals surface area contributed by atoms with Gasteiger partial charge in [0.25, 0.3) is 0 Å². The third kappa shape index (κ3) is 8.29. The molecule has 1 heterocycles. The highest BCUT2D eigenvalue weighted by Gasteiger charge is 2.17. The molecule has 1 saturated heterocycles. The Balaban J connectivity index is 0.00000361. The molecular weight excluding hydrogens is 363 g/mol. The summed E-state index contributed by atoms with van der Waals surface area (Å²) in [4.78, 5) is 6.80. The number of nitrogens with one attached hydrogen (secondary N) is 2. The lowest BCUT2D eigenvalue weighted by Crippen LogP contribution is -2.39. The van der Waals surface area contributed by atoms with E-state index in [1.807, 2.05) is 7.05 Å². The first kappa shape index (κ1) is 20.0. The van der Waals surface area contributed by atoms with Gasteiger partial charge in [-0.3, -0.25) is 4.99 Å². The number of unbranched alkanes of at least 4 members (excludes halogenated alkanes) is 1. The Bertz CT molecular complexity index is 250. The number of hydrogen-bond acceptors (Lipinski definition) is 2. The first-order chi connectivity index (χ1) is 9.30. The van der Waals surface area contributed by atoms with Crippen molar-refractivity contribution in [3.8, 4) is 0 Å². The average molecular weight is 396 g/mol. The van der Waals surface area contributed by atoms with Crippen LogP contribution in [0, 0.1) is 5.92 Å². The van der Waals surface area contributed by atoms with Crippen LogP contribution in [0.25, 0.3) is 0 Å². The maximum absolute atomic E-state index is 4.25. The molecule has 20 heavy (non-hydrogen) atoms. The fourth-order valence-corrected chi connectivity index (χ4v) is 2.59. The van der Waals surface area contributed by atoms with E-state index in [0.717, 1.165) is 25.0 Å². The minimum absolute atomic E-state index is 0. The van der Waals surface area contributed by atoms with Crippen molar-refractivity contribution in [2.45, 2.75) is 46.0 Å². The molecule has 0 aromatic heterocycles. The minimum Gasteiger partial charge on any atom is -0.356 e. The van der Waals surface area contributed by atoms with Gasteiger partial charge in [0.05, 0.1) is 0 Å². The smallest absolute Gasteiger partial charge is 0.190 e. The summed E-state index contributed by atoms with van der Waals surface area (Å²) >= 11 is 0. The summed E-state index contributed by atoms with van der Waals surface area (Å²) in [5.74, 6) is 1.85. The summed E-state index contributed by atoms with van der Waals surface area (Å²) in [5.41, 5.74) is 0. The van der Waals surface area contributed by atoms with Crippen molar-refractivity contribution in [1.82, 2.24) is 15.5 Å². The number of guanidine groups is 1. The standard InChI is InChI=1S/C15H32N4.HI/c1-4-6-10-17-15(16-3)18-11-7-14-8-12-19(5-2)13-9-14;/h14H,4-13H2,1-3H3,(H2,16,17,18);1H. The number of aliphatic imine (C=N–C) groups is 1. The molecule has 1 aliphatic rings. The van der Waals surface area contributed by atoms with Crippen molar-refractivity contribution in [3.63, 3.8) is 0 Å². The molecule has 2 N–H and O–H groups in total. The van der Waals surface area contributed by atoms with Gasteiger partial charge in [-0.15, -0.1) is 24.0 Å². The Hall–Kier alpha value is -0.0400. The van der Waals surface area contributed by atoms with E-state index in [2.05, 4.69) is 34.4 Å². The first-order valence-corrected chi connectivity index (χ1v) is 7.97. The topological polar surface area (TPSA) is 39.7 Å². The summed E-state index contributed by atoms with van der Waals surface area (Å²) in [6, 6.07) is 0. The Kier molecular flexibility index (Phi) is 12.7. The van der Waals surface area contributed by atoms with Crippen LogP contribution in [0.15, 0.2) is 4.99 Å². The van der Waals surface area contributed by atoms with Gasteiger partial charge in [0.2, 0.25) is 0 Å². The molecular formula is C15H33IN4. The molecule has 0 spiro atoms. The number of rotatable bonds is 7. The van der Waals surface area contributed by atoms with Gasteiger partial charge in [0, 0.05) is 20.1 Å². The molecule has 120 valence electrons. The first-order valence-electron chi connectivity index (χ1n) is 7.97. The molecule has 4 nitrogen and oxygen atoms in total. The second-order valence-electron chi connectivity index (χ2n) is 5.45. The third-order valence-electron chi connectivity index (χ3n) is 4.05. The molecule has 0 aliphatic carbocycles. The van der Waals surface area contributed by atoms with Gasteiger partial charge >= 0.3 is 0 Å². The number of piperidine rings is 1. The van der Waals surface area contributed by atoms with Crippen LogP contribution in [0.1, 0.15) is 46.0 Å². The molecule has 0 aromatic carbocycles. The van der Waals surface area contributed by atoms with Gasteiger partial charge in [-0.1, -0.05) is 20.3 Å². The van der Waals surface area contributed by atoms with Crippen molar-refractivity contribution in [3.05, 3.63) is 0 Å². The fraction of sp³-hybridized carbons (Fsp3) is 0.933. The molecule has 1 fully saturated rings. The van der Waals surface area contributed by atoms with Crippen LogP contribution in [0.4, 0.5) is 0 Å². The highest BCUT2D eigenvalue weighted by Crippen LogP contribution is 2.19. The maximum Gasteiger partial charge on any atom is 0.190 e. The van der Waals surface area contributed by atoms with Gasteiger partial charge in [-0.25, -0.2) is 0 Å². The molecule has 1 aliphatic heterocycles. The Labute approximate surface area is 142 Å². The molecule has 0 amide bonds. The van der Waals surface area contributed by atoms with E-state index in [4.69, 9.17) is 0 Å². The molecule has 0 bridgehead atoms. The van der Waals surface area contributed by atoms with E-state index in [1.165, 1.54) is 51.7 Å². The second kappa shape index (κ2) is 12.7. The Morgan fingerprint density at radius 2 is 1.80 bits per heavy atom. The zero-order valence-electron chi connectivity index (χ0n) is 13.5. The number of likely N-dealkylation sites (tertiary alicyclic amines) is 1. The van der Waals surface area contributed by atoms with E-state index in [0.29, 0.717) is 0 Å². The van der Waals surface area contributed by atoms with E-state index < -0.39 is 0 Å². The fourth-order valence-electron chi connectivity index (χ4n) is 2.59. The highest BCUT2D eigenvalue weighted by atomic mass is 127. The largest absolute Gasteiger partial charge is 0.356 e. The molecule has 0 aromatic rings. The normalized spacial score (nSPS) is 17.6. The summed E-state index contributed by atoms with van der Waals surface area (Å²) in [6.45, 7) is 10.3. The second-order valence-corrected chi connectivity index (χ2v) is 5.45. The summed E-state index contributed by atoms with van der Waals surface area (Å²) in [5, 5.41) is 6.78. The predicted octanol–water partition coefficient (Wildman–Crippen LogP) is 2.69. The van der Waals surface area contributed by atoms with Crippen molar-refractivity contribution in [2.24, 2.45) is 10.9 Å². The monoisotopic (exact) mass is 396 g/mol. The van der Waals surface area contributed by atoms with Crippen LogP contribution in [0.3, 0.4) is 0 Å². The van der Waals surface area contributed by atoms with Crippen molar-refractivity contribution in [2.75, 3.05) is 39.8 Å². The van der Waals surface area contributed by atoms with Crippen LogP contribution < -0.4 is 10.6 Å². The maximum atomic E-state index is 4.25. The van der Waals surface area contributed by atoms with E-state index in [9.17, 15) is 0 Å². The van der Waals surface area contributed by atoms with Gasteiger partial charge in [-0.05, 0) is 51.2 Å². The number of hydrogen-bond donors (Lipinski definition) is 2. The van der Waals surface area contributed by atoms with Crippen LogP contribution in [-0.2, 0) is 0 Å². The van der Waals surface area contributed by atoms with E-state index >= 15 is 0 Å². The van der Waals surface area contributed by atoms with Gasteiger partial charge in [0.1, 0.15) is 0 Å². The lowest BCUT2D eigenvalue weighted by Gasteiger charge is -2.31. The lowest BCUT2D eigenvalue weighted by atomic mass is 9.93. The Morgan fingerprint density at radius 1 is 1.15 bits per heavy atom. The zero-order valence-corrected chi connectivity index (χ0v) is 15.8. The number of nitrogens with zero attached hydrogens (tertiary/aromatic N) is 2. The molecule has 5 heteroatoms. The minimum atomic E-state index is 0. The van der Waals surface area contributed by atoms with Gasteiger partial charge < -0.3 is 15.5 Å². The van der Waals surface area contributed by atoms with Crippen LogP contribution in [0.2, 0.25) is 0 Å². The molecule has 0 radical (unpaired) electrons. The van der Waals surface area contributed by atoms with Crippen LogP contribution in [-0.4, -0.2) is 50.6 Å². The van der Waals surface area contributed by atoms with Crippen LogP contribution >= 0.6 is 24.0 Å². The Morgan fingerprint density at radius 3 is 2.35 bits per heavy atom. The van der Waals surface area contributed by atoms with Gasteiger partial charge in [0.15, 0.2) is 5.96 Å². The third-order valence-corrected chi connectivity index (χ3v) is 4.05. The molecule has 1 rings (SSSR count). The number of halogens is 1. The summed E-state index contributed by atoms with van der Waals surface area (Å²) in [6.07, 6.45) is 6.41. The average Bonchev–Trinajstić information content (AvgIpc) is 2.46. The summed E-state index contributed by atoms with van der Waals surface area (Å²) in [7, 11) is 1.85. The quantitative estimate of drug-likeness (QED) is 0.301. The highest BCUT2D eigenvalue weighted by molar-refractivity contribution is 14.0. The van der Waals surface area contributed by atoms with Gasteiger partial charge in [-0.2, -0.15) is 0 Å². The summed E-state index contributed by atoms with van der Waals surface area (Å²) < 4.78 is 0. The molecule has 0 atom stereocenters.